The van der Waals surface area contributed by atoms with E-state index in [0.29, 0.717) is 11.3 Å². The maximum Gasteiger partial charge on any atom is 0.411 e. The molecule has 2 rings (SSSR count). The Balaban J connectivity index is 1.83. The second-order valence-electron chi connectivity index (χ2n) is 4.15. The molecule has 1 amide bonds. The zero-order valence-corrected chi connectivity index (χ0v) is 11.0. The third kappa shape index (κ3) is 3.65. The fraction of sp³-hybridized carbons (Fsp3) is 0.133. The number of para-hydroxylation sites is 1. The third-order valence-electron chi connectivity index (χ3n) is 2.66. The van der Waals surface area contributed by atoms with Crippen molar-refractivity contribution in [3.05, 3.63) is 59.7 Å². The minimum atomic E-state index is -0.593. The average Bonchev–Trinajstić information content (AvgIpc) is 2.94. The zero-order valence-electron chi connectivity index (χ0n) is 11.0. The first-order valence-corrected chi connectivity index (χ1v) is 6.07. The normalized spacial score (nSPS) is 10.7. The van der Waals surface area contributed by atoms with Gasteiger partial charge in [-0.05, 0) is 30.7 Å². The van der Waals surface area contributed by atoms with E-state index in [1.54, 1.807) is 37.3 Å². The van der Waals surface area contributed by atoms with Crippen LogP contribution in [0.25, 0.3) is 6.08 Å². The Hall–Kier alpha value is -2.69. The van der Waals surface area contributed by atoms with E-state index in [1.165, 1.54) is 12.5 Å². The van der Waals surface area contributed by atoms with Crippen LogP contribution in [0.3, 0.4) is 0 Å². The number of hydrogen-bond donors (Lipinski definition) is 2. The quantitative estimate of drug-likeness (QED) is 0.897. The van der Waals surface area contributed by atoms with Gasteiger partial charge in [-0.2, -0.15) is 0 Å². The molecule has 0 aliphatic heterocycles. The Bertz CT molecular complexity index is 602. The van der Waals surface area contributed by atoms with E-state index in [1.807, 2.05) is 6.07 Å². The van der Waals surface area contributed by atoms with E-state index in [2.05, 4.69) is 5.32 Å². The van der Waals surface area contributed by atoms with Crippen molar-refractivity contribution in [3.8, 4) is 5.75 Å². The molecule has 0 aliphatic rings. The van der Waals surface area contributed by atoms with Crippen LogP contribution >= 0.6 is 0 Å². The standard InChI is InChI=1S/C15H15NO4/c1-11-4-2-5-12(14(11)17)7-8-16-15(18)20-10-13-6-3-9-19-13/h2-9,17H,10H2,1H3,(H,16,18)/b8-7+. The summed E-state index contributed by atoms with van der Waals surface area (Å²) in [6.07, 6.45) is 3.93. The van der Waals surface area contributed by atoms with Crippen LogP contribution < -0.4 is 5.32 Å². The fourth-order valence-corrected chi connectivity index (χ4v) is 1.59. The lowest BCUT2D eigenvalue weighted by Gasteiger charge is -2.03. The predicted molar refractivity (Wildman–Crippen MR) is 73.9 cm³/mol. The van der Waals surface area contributed by atoms with Crippen LogP contribution in [0.4, 0.5) is 4.79 Å². The van der Waals surface area contributed by atoms with Gasteiger partial charge in [0, 0.05) is 11.8 Å². The van der Waals surface area contributed by atoms with Crippen molar-refractivity contribution in [2.24, 2.45) is 0 Å². The molecule has 0 radical (unpaired) electrons. The summed E-state index contributed by atoms with van der Waals surface area (Å²) in [6.45, 7) is 1.88. The van der Waals surface area contributed by atoms with E-state index in [9.17, 15) is 9.90 Å². The van der Waals surface area contributed by atoms with Gasteiger partial charge in [-0.1, -0.05) is 18.2 Å². The largest absolute Gasteiger partial charge is 0.507 e. The van der Waals surface area contributed by atoms with Crippen LogP contribution in [-0.4, -0.2) is 11.2 Å². The first-order valence-electron chi connectivity index (χ1n) is 6.07. The average molecular weight is 273 g/mol. The van der Waals surface area contributed by atoms with Crippen LogP contribution in [0.15, 0.2) is 47.2 Å². The lowest BCUT2D eigenvalue weighted by Crippen LogP contribution is -2.17. The summed E-state index contributed by atoms with van der Waals surface area (Å²) in [5, 5.41) is 12.2. The highest BCUT2D eigenvalue weighted by Crippen LogP contribution is 2.22. The SMILES string of the molecule is Cc1cccc(/C=C/NC(=O)OCc2ccco2)c1O. The summed E-state index contributed by atoms with van der Waals surface area (Å²) < 4.78 is 9.95. The first kappa shape index (κ1) is 13.7. The van der Waals surface area contributed by atoms with E-state index in [-0.39, 0.29) is 12.4 Å². The van der Waals surface area contributed by atoms with Gasteiger partial charge in [-0.15, -0.1) is 0 Å². The van der Waals surface area contributed by atoms with E-state index >= 15 is 0 Å². The summed E-state index contributed by atoms with van der Waals surface area (Å²) in [5.74, 6) is 0.759. The number of rotatable bonds is 4. The van der Waals surface area contributed by atoms with Gasteiger partial charge in [0.25, 0.3) is 0 Å². The number of hydrogen-bond acceptors (Lipinski definition) is 4. The Morgan fingerprint density at radius 2 is 2.25 bits per heavy atom. The summed E-state index contributed by atoms with van der Waals surface area (Å²) in [4.78, 5) is 11.4. The summed E-state index contributed by atoms with van der Waals surface area (Å²) in [7, 11) is 0. The lowest BCUT2D eigenvalue weighted by molar-refractivity contribution is 0.135. The maximum atomic E-state index is 11.4. The highest BCUT2D eigenvalue weighted by atomic mass is 16.6. The molecule has 0 atom stereocenters. The molecule has 20 heavy (non-hydrogen) atoms. The van der Waals surface area contributed by atoms with Crippen LogP contribution in [0.1, 0.15) is 16.9 Å². The van der Waals surface area contributed by atoms with Crippen molar-refractivity contribution in [2.75, 3.05) is 0 Å². The van der Waals surface area contributed by atoms with Crippen molar-refractivity contribution in [1.82, 2.24) is 5.32 Å². The van der Waals surface area contributed by atoms with Crippen molar-refractivity contribution >= 4 is 12.2 Å². The number of phenols is 1. The molecule has 0 saturated heterocycles. The molecule has 2 N–H and O–H groups in total. The van der Waals surface area contributed by atoms with Gasteiger partial charge in [0.05, 0.1) is 6.26 Å². The second kappa shape index (κ2) is 6.47. The van der Waals surface area contributed by atoms with Gasteiger partial charge in [0.15, 0.2) is 6.61 Å². The van der Waals surface area contributed by atoms with E-state index in [0.717, 1.165) is 5.56 Å². The van der Waals surface area contributed by atoms with Gasteiger partial charge in [-0.3, -0.25) is 5.32 Å². The number of alkyl carbamates (subject to hydrolysis) is 1. The van der Waals surface area contributed by atoms with E-state index in [4.69, 9.17) is 9.15 Å². The second-order valence-corrected chi connectivity index (χ2v) is 4.15. The topological polar surface area (TPSA) is 71.7 Å². The van der Waals surface area contributed by atoms with Crippen molar-refractivity contribution < 1.29 is 19.1 Å². The van der Waals surface area contributed by atoms with Crippen LogP contribution in [0.2, 0.25) is 0 Å². The van der Waals surface area contributed by atoms with E-state index < -0.39 is 6.09 Å². The molecule has 5 nitrogen and oxygen atoms in total. The molecule has 5 heteroatoms. The highest BCUT2D eigenvalue weighted by Gasteiger charge is 2.03. The molecule has 1 aromatic heterocycles. The number of benzene rings is 1. The monoisotopic (exact) mass is 273 g/mol. The zero-order chi connectivity index (χ0) is 14.4. The number of nitrogens with one attached hydrogen (secondary N) is 1. The highest BCUT2D eigenvalue weighted by molar-refractivity contribution is 5.70. The molecule has 0 aliphatic carbocycles. The number of furan rings is 1. The molecule has 1 aromatic carbocycles. The molecular weight excluding hydrogens is 258 g/mol. The van der Waals surface area contributed by atoms with Gasteiger partial charge < -0.3 is 14.3 Å². The lowest BCUT2D eigenvalue weighted by atomic mass is 10.1. The number of aryl methyl sites for hydroxylation is 1. The summed E-state index contributed by atoms with van der Waals surface area (Å²) in [6, 6.07) is 8.81. The maximum absolute atomic E-state index is 11.4. The summed E-state index contributed by atoms with van der Waals surface area (Å²) >= 11 is 0. The minimum Gasteiger partial charge on any atom is -0.507 e. The number of phenolic OH excluding ortho intramolecular Hbond substituents is 1. The van der Waals surface area contributed by atoms with Crippen LogP contribution in [0, 0.1) is 6.92 Å². The Kier molecular flexibility index (Phi) is 4.44. The van der Waals surface area contributed by atoms with Crippen LogP contribution in [0.5, 0.6) is 5.75 Å². The minimum absolute atomic E-state index is 0.0718. The predicted octanol–water partition coefficient (Wildman–Crippen LogP) is 3.19. The molecule has 1 heterocycles. The van der Waals surface area contributed by atoms with Gasteiger partial charge in [0.2, 0.25) is 0 Å². The molecule has 0 fully saturated rings. The van der Waals surface area contributed by atoms with Gasteiger partial charge in [-0.25, -0.2) is 4.79 Å². The molecule has 0 unspecified atom stereocenters. The molecule has 2 aromatic rings. The number of carbonyl (C=O) groups excluding carboxylic acids is 1. The smallest absolute Gasteiger partial charge is 0.411 e. The molecule has 0 spiro atoms. The number of amides is 1. The molecular formula is C15H15NO4. The third-order valence-corrected chi connectivity index (χ3v) is 2.66. The Labute approximate surface area is 116 Å². The number of carbonyl (C=O) groups is 1. The van der Waals surface area contributed by atoms with Crippen LogP contribution in [-0.2, 0) is 11.3 Å². The summed E-state index contributed by atoms with van der Waals surface area (Å²) in [5.41, 5.74) is 1.39. The first-order chi connectivity index (χ1) is 9.66. The van der Waals surface area contributed by atoms with Crippen molar-refractivity contribution in [1.29, 1.82) is 0 Å². The molecule has 104 valence electrons. The fourth-order valence-electron chi connectivity index (χ4n) is 1.59. The molecule has 0 bridgehead atoms. The number of ether oxygens (including phenoxy) is 1. The van der Waals surface area contributed by atoms with Crippen molar-refractivity contribution in [2.45, 2.75) is 13.5 Å². The Morgan fingerprint density at radius 1 is 1.40 bits per heavy atom. The number of aromatic hydroxyl groups is 1. The Morgan fingerprint density at radius 3 is 3.00 bits per heavy atom. The van der Waals surface area contributed by atoms with Crippen molar-refractivity contribution in [3.63, 3.8) is 0 Å². The van der Waals surface area contributed by atoms with Gasteiger partial charge in [0.1, 0.15) is 11.5 Å². The molecule has 0 saturated carbocycles. The van der Waals surface area contributed by atoms with Gasteiger partial charge >= 0.3 is 6.09 Å².